The SMILES string of the molecule is COc1cc(N2C[C@H]3CN(C(=O)OCc4ccccc4)C[C@H]32)cnc1Br. The molecule has 0 unspecified atom stereocenters. The maximum Gasteiger partial charge on any atom is 0.410 e. The number of nitrogens with zero attached hydrogens (tertiary/aromatic N) is 3. The number of aromatic nitrogens is 1. The third-order valence-corrected chi connectivity index (χ3v) is 5.64. The number of methoxy groups -OCH3 is 1. The van der Waals surface area contributed by atoms with Crippen LogP contribution in [0.15, 0.2) is 47.2 Å². The number of pyridine rings is 1. The van der Waals surface area contributed by atoms with Crippen LogP contribution in [0, 0.1) is 5.92 Å². The highest BCUT2D eigenvalue weighted by Gasteiger charge is 2.47. The largest absolute Gasteiger partial charge is 0.494 e. The molecule has 0 aliphatic carbocycles. The van der Waals surface area contributed by atoms with Crippen molar-refractivity contribution >= 4 is 27.7 Å². The lowest BCUT2D eigenvalue weighted by atomic mass is 9.91. The first kappa shape index (κ1) is 17.1. The van der Waals surface area contributed by atoms with Crippen LogP contribution in [-0.4, -0.2) is 48.8 Å². The first-order valence-corrected chi connectivity index (χ1v) is 9.37. The van der Waals surface area contributed by atoms with E-state index in [9.17, 15) is 4.79 Å². The second-order valence-electron chi connectivity index (χ2n) is 6.61. The van der Waals surface area contributed by atoms with E-state index in [4.69, 9.17) is 9.47 Å². The summed E-state index contributed by atoms with van der Waals surface area (Å²) in [4.78, 5) is 20.8. The Balaban J connectivity index is 1.36. The molecule has 2 atom stereocenters. The molecule has 2 aromatic rings. The number of ether oxygens (including phenoxy) is 2. The third kappa shape index (κ3) is 3.23. The molecule has 0 saturated carbocycles. The Kier molecular flexibility index (Phi) is 4.72. The van der Waals surface area contributed by atoms with Gasteiger partial charge in [-0.25, -0.2) is 9.78 Å². The van der Waals surface area contributed by atoms with Crippen molar-refractivity contribution in [2.75, 3.05) is 31.6 Å². The Morgan fingerprint density at radius 1 is 1.27 bits per heavy atom. The molecule has 0 bridgehead atoms. The second-order valence-corrected chi connectivity index (χ2v) is 7.36. The van der Waals surface area contributed by atoms with Crippen molar-refractivity contribution in [1.82, 2.24) is 9.88 Å². The first-order chi connectivity index (χ1) is 12.7. The average Bonchev–Trinajstić information content (AvgIpc) is 2.99. The van der Waals surface area contributed by atoms with Crippen molar-refractivity contribution < 1.29 is 14.3 Å². The molecule has 4 rings (SSSR count). The van der Waals surface area contributed by atoms with Crippen LogP contribution < -0.4 is 9.64 Å². The number of fused-ring (bicyclic) bond motifs is 1. The fourth-order valence-electron chi connectivity index (χ4n) is 3.61. The standard InChI is InChI=1S/C19H20BrN3O3/c1-25-17-7-15(8-21-18(17)20)23-10-14-9-22(11-16(14)23)19(24)26-12-13-5-3-2-4-6-13/h2-8,14,16H,9-12H2,1H3/t14-,16-/m1/s1. The Hall–Kier alpha value is -2.28. The van der Waals surface area contributed by atoms with E-state index in [1.807, 2.05) is 47.5 Å². The topological polar surface area (TPSA) is 54.9 Å². The van der Waals surface area contributed by atoms with Crippen LogP contribution in [0.2, 0.25) is 0 Å². The number of hydrogen-bond donors (Lipinski definition) is 0. The number of carbonyl (C=O) groups excluding carboxylic acids is 1. The molecule has 1 aromatic heterocycles. The van der Waals surface area contributed by atoms with Crippen LogP contribution in [0.25, 0.3) is 0 Å². The number of benzene rings is 1. The summed E-state index contributed by atoms with van der Waals surface area (Å²) in [7, 11) is 1.63. The van der Waals surface area contributed by atoms with Gasteiger partial charge in [0.15, 0.2) is 5.75 Å². The van der Waals surface area contributed by atoms with Crippen LogP contribution in [0.3, 0.4) is 0 Å². The smallest absolute Gasteiger partial charge is 0.410 e. The lowest BCUT2D eigenvalue weighted by molar-refractivity contribution is 0.103. The number of likely N-dealkylation sites (tertiary alicyclic amines) is 1. The molecular weight excluding hydrogens is 398 g/mol. The number of anilines is 1. The zero-order valence-corrected chi connectivity index (χ0v) is 16.1. The number of hydrogen-bond acceptors (Lipinski definition) is 5. The molecule has 2 aliphatic rings. The van der Waals surface area contributed by atoms with Gasteiger partial charge in [-0.3, -0.25) is 0 Å². The molecule has 1 aromatic carbocycles. The maximum absolute atomic E-state index is 12.4. The predicted octanol–water partition coefficient (Wildman–Crippen LogP) is 3.31. The van der Waals surface area contributed by atoms with Crippen LogP contribution in [-0.2, 0) is 11.3 Å². The molecular formula is C19H20BrN3O3. The van der Waals surface area contributed by atoms with E-state index in [1.165, 1.54) is 0 Å². The fraction of sp³-hybridized carbons (Fsp3) is 0.368. The van der Waals surface area contributed by atoms with E-state index in [-0.39, 0.29) is 6.09 Å². The molecule has 3 heterocycles. The second kappa shape index (κ2) is 7.15. The Bertz CT molecular complexity index is 802. The minimum atomic E-state index is -0.241. The van der Waals surface area contributed by atoms with Crippen molar-refractivity contribution in [2.24, 2.45) is 5.92 Å². The molecule has 26 heavy (non-hydrogen) atoms. The van der Waals surface area contributed by atoms with Gasteiger partial charge in [-0.15, -0.1) is 0 Å². The molecule has 1 amide bonds. The molecule has 6 nitrogen and oxygen atoms in total. The van der Waals surface area contributed by atoms with Gasteiger partial charge in [0.1, 0.15) is 11.2 Å². The average molecular weight is 418 g/mol. The summed E-state index contributed by atoms with van der Waals surface area (Å²) in [5.74, 6) is 1.19. The van der Waals surface area contributed by atoms with Gasteiger partial charge in [-0.05, 0) is 21.5 Å². The summed E-state index contributed by atoms with van der Waals surface area (Å²) < 4.78 is 11.5. The van der Waals surface area contributed by atoms with Gasteiger partial charge >= 0.3 is 6.09 Å². The summed E-state index contributed by atoms with van der Waals surface area (Å²) in [5.41, 5.74) is 2.02. The molecule has 0 spiro atoms. The highest BCUT2D eigenvalue weighted by Crippen LogP contribution is 2.38. The Morgan fingerprint density at radius 2 is 2.08 bits per heavy atom. The lowest BCUT2D eigenvalue weighted by Gasteiger charge is -2.45. The van der Waals surface area contributed by atoms with E-state index >= 15 is 0 Å². The van der Waals surface area contributed by atoms with Gasteiger partial charge in [0, 0.05) is 31.6 Å². The first-order valence-electron chi connectivity index (χ1n) is 8.57. The van der Waals surface area contributed by atoms with Crippen molar-refractivity contribution in [3.63, 3.8) is 0 Å². The van der Waals surface area contributed by atoms with Crippen LogP contribution in [0.5, 0.6) is 5.75 Å². The summed E-state index contributed by atoms with van der Waals surface area (Å²) in [6.07, 6.45) is 1.59. The fourth-order valence-corrected chi connectivity index (χ4v) is 3.99. The highest BCUT2D eigenvalue weighted by molar-refractivity contribution is 9.10. The molecule has 2 aliphatic heterocycles. The van der Waals surface area contributed by atoms with Gasteiger partial charge in [0.2, 0.25) is 0 Å². The summed E-state index contributed by atoms with van der Waals surface area (Å²) in [6.45, 7) is 2.65. The summed E-state index contributed by atoms with van der Waals surface area (Å²) >= 11 is 3.38. The summed E-state index contributed by atoms with van der Waals surface area (Å²) in [6, 6.07) is 12.0. The van der Waals surface area contributed by atoms with Crippen molar-refractivity contribution in [2.45, 2.75) is 12.6 Å². The van der Waals surface area contributed by atoms with E-state index in [0.717, 1.165) is 24.3 Å². The zero-order chi connectivity index (χ0) is 18.1. The molecule has 136 valence electrons. The summed E-state index contributed by atoms with van der Waals surface area (Å²) in [5, 5.41) is 0. The normalized spacial score (nSPS) is 21.2. The van der Waals surface area contributed by atoms with Crippen LogP contribution in [0.4, 0.5) is 10.5 Å². The van der Waals surface area contributed by atoms with Gasteiger partial charge in [0.25, 0.3) is 0 Å². The van der Waals surface area contributed by atoms with Gasteiger partial charge in [-0.1, -0.05) is 30.3 Å². The third-order valence-electron chi connectivity index (χ3n) is 5.05. The molecule has 0 N–H and O–H groups in total. The molecule has 0 radical (unpaired) electrons. The van der Waals surface area contributed by atoms with E-state index in [0.29, 0.717) is 35.5 Å². The van der Waals surface area contributed by atoms with Crippen LogP contribution in [0.1, 0.15) is 5.56 Å². The molecule has 2 saturated heterocycles. The monoisotopic (exact) mass is 417 g/mol. The van der Waals surface area contributed by atoms with Gasteiger partial charge < -0.3 is 19.3 Å². The van der Waals surface area contributed by atoms with Gasteiger partial charge in [0.05, 0.1) is 25.0 Å². The maximum atomic E-state index is 12.4. The molecule has 7 heteroatoms. The van der Waals surface area contributed by atoms with Gasteiger partial charge in [-0.2, -0.15) is 0 Å². The minimum Gasteiger partial charge on any atom is -0.494 e. The molecule has 2 fully saturated rings. The Labute approximate surface area is 160 Å². The quantitative estimate of drug-likeness (QED) is 0.714. The van der Waals surface area contributed by atoms with E-state index < -0.39 is 0 Å². The van der Waals surface area contributed by atoms with Crippen molar-refractivity contribution in [3.8, 4) is 5.75 Å². The predicted molar refractivity (Wildman–Crippen MR) is 101 cm³/mol. The van der Waals surface area contributed by atoms with Crippen molar-refractivity contribution in [1.29, 1.82) is 0 Å². The minimum absolute atomic E-state index is 0.241. The number of carbonyl (C=O) groups is 1. The van der Waals surface area contributed by atoms with Crippen LogP contribution >= 0.6 is 15.9 Å². The highest BCUT2D eigenvalue weighted by atomic mass is 79.9. The van der Waals surface area contributed by atoms with E-state index in [2.05, 4.69) is 25.8 Å². The number of halogens is 1. The van der Waals surface area contributed by atoms with E-state index in [1.54, 1.807) is 7.11 Å². The number of amides is 1. The van der Waals surface area contributed by atoms with Crippen molar-refractivity contribution in [3.05, 3.63) is 52.8 Å². The number of rotatable bonds is 4. The Morgan fingerprint density at radius 3 is 2.85 bits per heavy atom. The lowest BCUT2D eigenvalue weighted by Crippen LogP contribution is -2.55. The zero-order valence-electron chi connectivity index (χ0n) is 14.5.